The lowest BCUT2D eigenvalue weighted by Crippen LogP contribution is -2.41. The summed E-state index contributed by atoms with van der Waals surface area (Å²) in [5.74, 6) is -0.208. The Bertz CT molecular complexity index is 1070. The van der Waals surface area contributed by atoms with E-state index in [-0.39, 0.29) is 30.9 Å². The van der Waals surface area contributed by atoms with Crippen molar-refractivity contribution in [2.45, 2.75) is 77.1 Å². The lowest BCUT2D eigenvalue weighted by Gasteiger charge is -2.35. The molecule has 0 unspecified atom stereocenters. The minimum atomic E-state index is -3.39. The Morgan fingerprint density at radius 2 is 1.57 bits per heavy atom. The number of esters is 1. The summed E-state index contributed by atoms with van der Waals surface area (Å²) in [6.45, 7) is 6.56. The van der Waals surface area contributed by atoms with Crippen molar-refractivity contribution in [3.05, 3.63) is 71.0 Å². The molecule has 1 aliphatic carbocycles. The van der Waals surface area contributed by atoms with Crippen molar-refractivity contribution in [2.75, 3.05) is 12.8 Å². The molecule has 35 heavy (non-hydrogen) atoms. The van der Waals surface area contributed by atoms with Crippen molar-refractivity contribution in [3.8, 4) is 0 Å². The molecule has 1 saturated carbocycles. The van der Waals surface area contributed by atoms with E-state index < -0.39 is 15.6 Å². The number of ether oxygens (including phenoxy) is 1. The molecule has 2 aromatic carbocycles. The highest BCUT2D eigenvalue weighted by molar-refractivity contribution is 7.88. The normalized spacial score (nSPS) is 19.0. The molecule has 192 valence electrons. The summed E-state index contributed by atoms with van der Waals surface area (Å²) in [7, 11) is -3.39. The third kappa shape index (κ3) is 8.70. The Morgan fingerprint density at radius 3 is 2.11 bits per heavy atom. The molecule has 2 aromatic rings. The van der Waals surface area contributed by atoms with E-state index in [0.29, 0.717) is 12.5 Å². The molecule has 0 atom stereocenters. The van der Waals surface area contributed by atoms with E-state index in [1.165, 1.54) is 24.0 Å². The molecule has 1 N–H and O–H groups in total. The average molecular weight is 505 g/mol. The fourth-order valence-electron chi connectivity index (χ4n) is 4.58. The van der Waals surface area contributed by atoms with Gasteiger partial charge in [0.05, 0.1) is 12.8 Å². The van der Waals surface area contributed by atoms with E-state index in [0.717, 1.165) is 36.8 Å². The van der Waals surface area contributed by atoms with E-state index in [1.54, 1.807) is 16.4 Å². The summed E-state index contributed by atoms with van der Waals surface area (Å²) in [5, 5.41) is 3.12. The summed E-state index contributed by atoms with van der Waals surface area (Å²) in [6.07, 6.45) is 4.65. The molecular weight excluding hydrogens is 467 g/mol. The molecule has 0 aliphatic heterocycles. The lowest BCUT2D eigenvalue weighted by molar-refractivity contribution is -0.153. The highest BCUT2D eigenvalue weighted by Gasteiger charge is 2.31. The maximum atomic E-state index is 13.2. The van der Waals surface area contributed by atoms with Crippen LogP contribution in [-0.4, -0.2) is 43.1 Å². The zero-order valence-electron chi connectivity index (χ0n) is 21.1. The molecule has 6 nitrogen and oxygen atoms in total. The molecule has 0 amide bonds. The molecule has 3 rings (SSSR count). The third-order valence-corrected chi connectivity index (χ3v) is 7.53. The van der Waals surface area contributed by atoms with Crippen LogP contribution < -0.4 is 5.32 Å². The SMILES string of the molecule is CC(C)(C)OC(=O)CNCc1ccc([C@H]2CC[C@H](N(Cc3ccc(F)cc3)S(C)(=O)=O)CC2)cc1. The van der Waals surface area contributed by atoms with Gasteiger partial charge in [-0.25, -0.2) is 12.8 Å². The van der Waals surface area contributed by atoms with Crippen LogP contribution in [0.3, 0.4) is 0 Å². The molecule has 0 bridgehead atoms. The number of rotatable bonds is 9. The van der Waals surface area contributed by atoms with Gasteiger partial charge in [-0.2, -0.15) is 4.31 Å². The molecule has 0 aromatic heterocycles. The van der Waals surface area contributed by atoms with Crippen molar-refractivity contribution in [1.29, 1.82) is 0 Å². The van der Waals surface area contributed by atoms with Crippen LogP contribution in [0, 0.1) is 5.82 Å². The van der Waals surface area contributed by atoms with Crippen LogP contribution in [0.25, 0.3) is 0 Å². The molecule has 1 aliphatic rings. The standard InChI is InChI=1S/C27H37FN2O4S/c1-27(2,3)34-26(31)18-29-17-20-5-9-22(10-6-20)23-11-15-25(16-12-23)30(35(4,32)33)19-21-7-13-24(28)14-8-21/h5-10,13-14,23,25,29H,11-12,15-19H2,1-4H3/t23-,25-. The first-order chi connectivity index (χ1) is 16.4. The first-order valence-electron chi connectivity index (χ1n) is 12.1. The third-order valence-electron chi connectivity index (χ3n) is 6.25. The Labute approximate surface area is 208 Å². The van der Waals surface area contributed by atoms with Gasteiger partial charge < -0.3 is 10.1 Å². The van der Waals surface area contributed by atoms with E-state index in [1.807, 2.05) is 20.8 Å². The number of hydrogen-bond donors (Lipinski definition) is 1. The van der Waals surface area contributed by atoms with Crippen molar-refractivity contribution in [1.82, 2.24) is 9.62 Å². The molecule has 1 fully saturated rings. The van der Waals surface area contributed by atoms with Crippen molar-refractivity contribution in [2.24, 2.45) is 0 Å². The topological polar surface area (TPSA) is 75.7 Å². The smallest absolute Gasteiger partial charge is 0.320 e. The second kappa shape index (κ2) is 11.6. The highest BCUT2D eigenvalue weighted by Crippen LogP contribution is 2.36. The Morgan fingerprint density at radius 1 is 1.00 bits per heavy atom. The molecule has 8 heteroatoms. The van der Waals surface area contributed by atoms with Gasteiger partial charge in [-0.3, -0.25) is 4.79 Å². The van der Waals surface area contributed by atoms with Crippen LogP contribution in [0.5, 0.6) is 0 Å². The van der Waals surface area contributed by atoms with Crippen LogP contribution >= 0.6 is 0 Å². The van der Waals surface area contributed by atoms with Crippen LogP contribution in [0.1, 0.15) is 69.1 Å². The summed E-state index contributed by atoms with van der Waals surface area (Å²) < 4.78 is 45.1. The van der Waals surface area contributed by atoms with Gasteiger partial charge in [0.15, 0.2) is 0 Å². The van der Waals surface area contributed by atoms with Crippen molar-refractivity contribution >= 4 is 16.0 Å². The predicted octanol–water partition coefficient (Wildman–Crippen LogP) is 4.75. The largest absolute Gasteiger partial charge is 0.459 e. The second-order valence-electron chi connectivity index (χ2n) is 10.4. The second-order valence-corrected chi connectivity index (χ2v) is 12.3. The van der Waals surface area contributed by atoms with Crippen molar-refractivity contribution < 1.29 is 22.3 Å². The van der Waals surface area contributed by atoms with Crippen LogP contribution in [0.4, 0.5) is 4.39 Å². The average Bonchev–Trinajstić information content (AvgIpc) is 2.77. The molecule has 0 radical (unpaired) electrons. The van der Waals surface area contributed by atoms with Crippen LogP contribution in [0.2, 0.25) is 0 Å². The minimum Gasteiger partial charge on any atom is -0.459 e. The summed E-state index contributed by atoms with van der Waals surface area (Å²) in [5.41, 5.74) is 2.64. The summed E-state index contributed by atoms with van der Waals surface area (Å²) in [4.78, 5) is 11.8. The first-order valence-corrected chi connectivity index (χ1v) is 14.0. The first kappa shape index (κ1) is 27.3. The van der Waals surface area contributed by atoms with Gasteiger partial charge in [0.25, 0.3) is 0 Å². The summed E-state index contributed by atoms with van der Waals surface area (Å²) >= 11 is 0. The fraction of sp³-hybridized carbons (Fsp3) is 0.519. The van der Waals surface area contributed by atoms with Crippen molar-refractivity contribution in [3.63, 3.8) is 0 Å². The van der Waals surface area contributed by atoms with Gasteiger partial charge in [0.2, 0.25) is 10.0 Å². The maximum absolute atomic E-state index is 13.2. The van der Waals surface area contributed by atoms with E-state index in [2.05, 4.69) is 29.6 Å². The number of benzene rings is 2. The van der Waals surface area contributed by atoms with E-state index in [9.17, 15) is 17.6 Å². The quantitative estimate of drug-likeness (QED) is 0.499. The Kier molecular flexibility index (Phi) is 9.07. The molecule has 0 heterocycles. The molecule has 0 spiro atoms. The van der Waals surface area contributed by atoms with E-state index >= 15 is 0 Å². The van der Waals surface area contributed by atoms with Gasteiger partial charge in [0, 0.05) is 19.1 Å². The predicted molar refractivity (Wildman–Crippen MR) is 136 cm³/mol. The zero-order valence-corrected chi connectivity index (χ0v) is 21.9. The fourth-order valence-corrected chi connectivity index (χ4v) is 5.71. The maximum Gasteiger partial charge on any atom is 0.320 e. The number of carbonyl (C=O) groups is 1. The number of nitrogens with one attached hydrogen (secondary N) is 1. The van der Waals surface area contributed by atoms with Crippen LogP contribution in [0.15, 0.2) is 48.5 Å². The van der Waals surface area contributed by atoms with E-state index in [4.69, 9.17) is 4.74 Å². The Hall–Kier alpha value is -2.29. The zero-order chi connectivity index (χ0) is 25.6. The van der Waals surface area contributed by atoms with Gasteiger partial charge in [-0.15, -0.1) is 0 Å². The van der Waals surface area contributed by atoms with Crippen LogP contribution in [-0.2, 0) is 32.6 Å². The van der Waals surface area contributed by atoms with Gasteiger partial charge in [-0.1, -0.05) is 36.4 Å². The van der Waals surface area contributed by atoms with Gasteiger partial charge in [0.1, 0.15) is 11.4 Å². The highest BCUT2D eigenvalue weighted by atomic mass is 32.2. The lowest BCUT2D eigenvalue weighted by atomic mass is 9.81. The van der Waals surface area contributed by atoms with Gasteiger partial charge in [-0.05, 0) is 81.2 Å². The number of halogens is 1. The molecule has 0 saturated heterocycles. The van der Waals surface area contributed by atoms with Gasteiger partial charge >= 0.3 is 5.97 Å². The number of carbonyl (C=O) groups excluding carboxylic acids is 1. The number of nitrogens with zero attached hydrogens (tertiary/aromatic N) is 1. The minimum absolute atomic E-state index is 0.0531. The number of sulfonamides is 1. The number of hydrogen-bond acceptors (Lipinski definition) is 5. The monoisotopic (exact) mass is 504 g/mol. The Balaban J connectivity index is 1.52. The molecular formula is C27H37FN2O4S. The summed E-state index contributed by atoms with van der Waals surface area (Å²) in [6, 6.07) is 14.4.